The van der Waals surface area contributed by atoms with Crippen LogP contribution in [0.2, 0.25) is 0 Å². The van der Waals surface area contributed by atoms with E-state index in [0.29, 0.717) is 4.90 Å². The van der Waals surface area contributed by atoms with Crippen LogP contribution in [-0.4, -0.2) is 21.3 Å². The van der Waals surface area contributed by atoms with Crippen LogP contribution in [0.1, 0.15) is 11.7 Å². The monoisotopic (exact) mass is 198 g/mol. The fraction of sp³-hybridized carbons (Fsp3) is 0.333. The van der Waals surface area contributed by atoms with Gasteiger partial charge in [-0.2, -0.15) is 0 Å². The second kappa shape index (κ2) is 2.82. The fourth-order valence-corrected chi connectivity index (χ4v) is 1.80. The van der Waals surface area contributed by atoms with E-state index < -0.39 is 9.84 Å². The minimum absolute atomic E-state index is 0.189. The molecule has 2 rings (SSSR count). The van der Waals surface area contributed by atoms with E-state index in [1.807, 2.05) is 0 Å². The van der Waals surface area contributed by atoms with Gasteiger partial charge < -0.3 is 4.74 Å². The molecule has 0 N–H and O–H groups in total. The van der Waals surface area contributed by atoms with Gasteiger partial charge in [0.25, 0.3) is 0 Å². The highest BCUT2D eigenvalue weighted by atomic mass is 32.2. The molecule has 0 radical (unpaired) electrons. The number of epoxide rings is 1. The minimum Gasteiger partial charge on any atom is -0.368 e. The van der Waals surface area contributed by atoms with Crippen LogP contribution in [0.5, 0.6) is 0 Å². The zero-order chi connectivity index (χ0) is 9.47. The zero-order valence-electron chi connectivity index (χ0n) is 7.23. The Labute approximate surface area is 77.3 Å². The second-order valence-electron chi connectivity index (χ2n) is 3.16. The third-order valence-corrected chi connectivity index (χ3v) is 3.14. The third-order valence-electron chi connectivity index (χ3n) is 2.01. The maximum atomic E-state index is 11.1. The summed E-state index contributed by atoms with van der Waals surface area (Å²) in [7, 11) is -3.07. The topological polar surface area (TPSA) is 46.7 Å². The molecule has 4 heteroatoms. The highest BCUT2D eigenvalue weighted by Gasteiger charge is 2.24. The summed E-state index contributed by atoms with van der Waals surface area (Å²) in [5.74, 6) is 0. The fourth-order valence-electron chi connectivity index (χ4n) is 1.17. The van der Waals surface area contributed by atoms with E-state index in [0.717, 1.165) is 12.2 Å². The molecule has 0 saturated carbocycles. The molecule has 70 valence electrons. The van der Waals surface area contributed by atoms with E-state index in [9.17, 15) is 8.42 Å². The van der Waals surface area contributed by atoms with E-state index in [2.05, 4.69) is 0 Å². The molecule has 1 atom stereocenters. The molecule has 1 aromatic carbocycles. The van der Waals surface area contributed by atoms with Crippen LogP contribution in [-0.2, 0) is 14.6 Å². The van der Waals surface area contributed by atoms with Gasteiger partial charge in [-0.15, -0.1) is 0 Å². The maximum Gasteiger partial charge on any atom is 0.175 e. The molecule has 0 unspecified atom stereocenters. The summed E-state index contributed by atoms with van der Waals surface area (Å²) in [6.07, 6.45) is 1.39. The van der Waals surface area contributed by atoms with Gasteiger partial charge in [-0.3, -0.25) is 0 Å². The largest absolute Gasteiger partial charge is 0.368 e. The highest BCUT2D eigenvalue weighted by Crippen LogP contribution is 2.29. The first kappa shape index (κ1) is 8.72. The quantitative estimate of drug-likeness (QED) is 0.670. The number of rotatable bonds is 2. The lowest BCUT2D eigenvalue weighted by atomic mass is 10.2. The standard InChI is InChI=1S/C9H10O3S/c1-13(10,11)8-4-2-7(3-5-8)9-6-12-9/h2-5,9H,6H2,1H3/t9-/m0/s1. The van der Waals surface area contributed by atoms with Crippen molar-refractivity contribution >= 4 is 9.84 Å². The molecule has 0 aliphatic carbocycles. The van der Waals surface area contributed by atoms with Gasteiger partial charge in [-0.25, -0.2) is 8.42 Å². The zero-order valence-corrected chi connectivity index (χ0v) is 8.04. The van der Waals surface area contributed by atoms with Crippen molar-refractivity contribution in [3.8, 4) is 0 Å². The molecule has 1 fully saturated rings. The Hall–Kier alpha value is -0.870. The van der Waals surface area contributed by atoms with Gasteiger partial charge in [-0.05, 0) is 17.7 Å². The first-order chi connectivity index (χ1) is 6.07. The van der Waals surface area contributed by atoms with Crippen molar-refractivity contribution in [1.29, 1.82) is 0 Å². The van der Waals surface area contributed by atoms with Crippen molar-refractivity contribution in [2.24, 2.45) is 0 Å². The first-order valence-corrected chi connectivity index (χ1v) is 5.88. The van der Waals surface area contributed by atoms with Crippen LogP contribution in [0.25, 0.3) is 0 Å². The molecule has 0 spiro atoms. The first-order valence-electron chi connectivity index (χ1n) is 3.99. The van der Waals surface area contributed by atoms with Crippen molar-refractivity contribution in [2.75, 3.05) is 12.9 Å². The summed E-state index contributed by atoms with van der Waals surface area (Å²) < 4.78 is 27.3. The number of benzene rings is 1. The van der Waals surface area contributed by atoms with Gasteiger partial charge in [0.05, 0.1) is 11.5 Å². The molecular weight excluding hydrogens is 188 g/mol. The Morgan fingerprint density at radius 1 is 1.31 bits per heavy atom. The van der Waals surface area contributed by atoms with E-state index in [1.165, 1.54) is 6.26 Å². The Kier molecular flexibility index (Phi) is 1.89. The summed E-state index contributed by atoms with van der Waals surface area (Å²) in [6, 6.07) is 6.83. The Bertz CT molecular complexity index is 401. The average molecular weight is 198 g/mol. The average Bonchev–Trinajstić information content (AvgIpc) is 2.85. The molecule has 13 heavy (non-hydrogen) atoms. The van der Waals surface area contributed by atoms with Crippen LogP contribution < -0.4 is 0 Å². The number of hydrogen-bond acceptors (Lipinski definition) is 3. The van der Waals surface area contributed by atoms with Crippen molar-refractivity contribution in [3.05, 3.63) is 29.8 Å². The molecule has 1 aliphatic rings. The van der Waals surface area contributed by atoms with Gasteiger partial charge >= 0.3 is 0 Å². The maximum absolute atomic E-state index is 11.1. The summed E-state index contributed by atoms with van der Waals surface area (Å²) >= 11 is 0. The van der Waals surface area contributed by atoms with E-state index >= 15 is 0 Å². The van der Waals surface area contributed by atoms with Crippen molar-refractivity contribution in [2.45, 2.75) is 11.0 Å². The summed E-state index contributed by atoms with van der Waals surface area (Å²) in [4.78, 5) is 0.358. The van der Waals surface area contributed by atoms with Crippen LogP contribution in [0.4, 0.5) is 0 Å². The van der Waals surface area contributed by atoms with E-state index in [-0.39, 0.29) is 6.10 Å². The van der Waals surface area contributed by atoms with Gasteiger partial charge in [0, 0.05) is 6.26 Å². The molecule has 1 aromatic rings. The van der Waals surface area contributed by atoms with Gasteiger partial charge in [0.1, 0.15) is 6.10 Å². The highest BCUT2D eigenvalue weighted by molar-refractivity contribution is 7.90. The summed E-state index contributed by atoms with van der Waals surface area (Å²) in [5.41, 5.74) is 1.05. The van der Waals surface area contributed by atoms with Gasteiger partial charge in [0.15, 0.2) is 9.84 Å². The number of sulfone groups is 1. The van der Waals surface area contributed by atoms with Crippen LogP contribution in [0.15, 0.2) is 29.2 Å². The Balaban J connectivity index is 2.33. The molecule has 1 saturated heterocycles. The van der Waals surface area contributed by atoms with Gasteiger partial charge in [-0.1, -0.05) is 12.1 Å². The van der Waals surface area contributed by atoms with Crippen LogP contribution in [0, 0.1) is 0 Å². The molecule has 0 aromatic heterocycles. The van der Waals surface area contributed by atoms with Crippen molar-refractivity contribution in [3.63, 3.8) is 0 Å². The third kappa shape index (κ3) is 1.89. The molecule has 1 aliphatic heterocycles. The second-order valence-corrected chi connectivity index (χ2v) is 5.18. The molecular formula is C9H10O3S. The number of hydrogen-bond donors (Lipinski definition) is 0. The van der Waals surface area contributed by atoms with Crippen molar-refractivity contribution < 1.29 is 13.2 Å². The lowest BCUT2D eigenvalue weighted by Gasteiger charge is -1.98. The van der Waals surface area contributed by atoms with Crippen LogP contribution in [0.3, 0.4) is 0 Å². The van der Waals surface area contributed by atoms with Gasteiger partial charge in [0.2, 0.25) is 0 Å². The number of ether oxygens (including phenoxy) is 1. The summed E-state index contributed by atoms with van der Waals surface area (Å²) in [5, 5.41) is 0. The minimum atomic E-state index is -3.07. The molecule has 0 bridgehead atoms. The Morgan fingerprint density at radius 3 is 2.23 bits per heavy atom. The van der Waals surface area contributed by atoms with Crippen molar-refractivity contribution in [1.82, 2.24) is 0 Å². The Morgan fingerprint density at radius 2 is 1.85 bits per heavy atom. The molecule has 1 heterocycles. The van der Waals surface area contributed by atoms with E-state index in [4.69, 9.17) is 4.74 Å². The smallest absolute Gasteiger partial charge is 0.175 e. The lowest BCUT2D eigenvalue weighted by Crippen LogP contribution is -1.96. The normalized spacial score (nSPS) is 21.5. The molecule has 3 nitrogen and oxygen atoms in total. The predicted octanol–water partition coefficient (Wildman–Crippen LogP) is 1.16. The van der Waals surface area contributed by atoms with Crippen LogP contribution >= 0.6 is 0 Å². The predicted molar refractivity (Wildman–Crippen MR) is 48.2 cm³/mol. The lowest BCUT2D eigenvalue weighted by molar-refractivity contribution is 0.415. The SMILES string of the molecule is CS(=O)(=O)c1ccc([C@@H]2CO2)cc1. The molecule has 0 amide bonds. The summed E-state index contributed by atoms with van der Waals surface area (Å²) in [6.45, 7) is 0.748. The van der Waals surface area contributed by atoms with E-state index in [1.54, 1.807) is 24.3 Å².